The van der Waals surface area contributed by atoms with Crippen molar-refractivity contribution in [2.75, 3.05) is 12.4 Å². The van der Waals surface area contributed by atoms with Crippen LogP contribution in [0.1, 0.15) is 13.3 Å². The number of hydrogen-bond donors (Lipinski definition) is 1. The van der Waals surface area contributed by atoms with Crippen LogP contribution in [0, 0.1) is 5.92 Å². The van der Waals surface area contributed by atoms with Crippen LogP contribution in [-0.4, -0.2) is 25.9 Å². The second kappa shape index (κ2) is 4.16. The van der Waals surface area contributed by atoms with Gasteiger partial charge in [-0.1, -0.05) is 13.3 Å². The first-order valence-corrected chi connectivity index (χ1v) is 5.50. The Balaban J connectivity index is 3.87. The van der Waals surface area contributed by atoms with Crippen LogP contribution >= 0.6 is 10.7 Å². The third-order valence-electron chi connectivity index (χ3n) is 1.27. The third-order valence-corrected chi connectivity index (χ3v) is 2.52. The van der Waals surface area contributed by atoms with Crippen molar-refractivity contribution in [1.29, 1.82) is 0 Å². The van der Waals surface area contributed by atoms with Gasteiger partial charge in [0.15, 0.2) is 0 Å². The maximum absolute atomic E-state index is 10.4. The van der Waals surface area contributed by atoms with Gasteiger partial charge in [-0.25, -0.2) is 8.42 Å². The Bertz CT molecular complexity index is 171. The van der Waals surface area contributed by atoms with Gasteiger partial charge in [0.2, 0.25) is 9.05 Å². The summed E-state index contributed by atoms with van der Waals surface area (Å²) in [7, 11) is 1.51. The summed E-state index contributed by atoms with van der Waals surface area (Å²) in [4.78, 5) is 0. The van der Waals surface area contributed by atoms with Crippen LogP contribution in [0.2, 0.25) is 0 Å². The van der Waals surface area contributed by atoms with Gasteiger partial charge >= 0.3 is 0 Å². The fraction of sp³-hybridized carbons (Fsp3) is 1.00. The predicted octanol–water partition coefficient (Wildman–Crippen LogP) is 0.573. The minimum atomic E-state index is -3.44. The van der Waals surface area contributed by atoms with Crippen molar-refractivity contribution in [2.24, 2.45) is 5.92 Å². The van der Waals surface area contributed by atoms with Crippen LogP contribution in [0.3, 0.4) is 0 Å². The van der Waals surface area contributed by atoms with E-state index in [-0.39, 0.29) is 18.3 Å². The van der Waals surface area contributed by atoms with Crippen molar-refractivity contribution in [3.8, 4) is 0 Å². The van der Waals surface area contributed by atoms with Gasteiger partial charge in [0.25, 0.3) is 0 Å². The molecule has 0 aliphatic carbocycles. The minimum absolute atomic E-state index is 0.123. The van der Waals surface area contributed by atoms with Crippen molar-refractivity contribution < 1.29 is 13.5 Å². The molecule has 0 saturated carbocycles. The molecule has 0 spiro atoms. The van der Waals surface area contributed by atoms with E-state index in [9.17, 15) is 8.42 Å². The predicted molar refractivity (Wildman–Crippen MR) is 40.5 cm³/mol. The molecule has 1 unspecified atom stereocenters. The molecule has 0 aromatic carbocycles. The molecule has 0 fully saturated rings. The number of aliphatic hydroxyl groups excluding tert-OH is 1. The van der Waals surface area contributed by atoms with E-state index in [1.54, 1.807) is 0 Å². The summed E-state index contributed by atoms with van der Waals surface area (Å²) in [6, 6.07) is 0. The molecule has 5 heteroatoms. The van der Waals surface area contributed by atoms with Gasteiger partial charge in [-0.15, -0.1) is 0 Å². The molecular weight excluding hydrogens is 176 g/mol. The summed E-state index contributed by atoms with van der Waals surface area (Å²) in [5.74, 6) is -0.357. The smallest absolute Gasteiger partial charge is 0.232 e. The molecule has 0 aliphatic rings. The molecule has 0 aliphatic heterocycles. The SMILES string of the molecule is CCC(CO)CS(=O)(=O)Cl. The maximum Gasteiger partial charge on any atom is 0.232 e. The summed E-state index contributed by atoms with van der Waals surface area (Å²) in [6.07, 6.45) is 0.627. The number of halogens is 1. The van der Waals surface area contributed by atoms with Gasteiger partial charge in [-0.2, -0.15) is 0 Å². The van der Waals surface area contributed by atoms with Crippen LogP contribution in [0.4, 0.5) is 0 Å². The van der Waals surface area contributed by atoms with Crippen molar-refractivity contribution >= 4 is 19.7 Å². The van der Waals surface area contributed by atoms with E-state index in [0.717, 1.165) is 0 Å². The molecule has 0 aromatic rings. The van der Waals surface area contributed by atoms with Gasteiger partial charge in [0.1, 0.15) is 0 Å². The summed E-state index contributed by atoms with van der Waals surface area (Å²) in [5, 5.41) is 8.57. The zero-order valence-electron chi connectivity index (χ0n) is 5.75. The van der Waals surface area contributed by atoms with Gasteiger partial charge in [0.05, 0.1) is 5.75 Å². The summed E-state index contributed by atoms with van der Waals surface area (Å²) in [6.45, 7) is 1.69. The van der Waals surface area contributed by atoms with Crippen LogP contribution < -0.4 is 0 Å². The molecule has 62 valence electrons. The van der Waals surface area contributed by atoms with E-state index in [1.165, 1.54) is 0 Å². The lowest BCUT2D eigenvalue weighted by Crippen LogP contribution is -2.14. The van der Waals surface area contributed by atoms with Crippen LogP contribution in [-0.2, 0) is 9.05 Å². The fourth-order valence-electron chi connectivity index (χ4n) is 0.581. The average molecular weight is 187 g/mol. The highest BCUT2D eigenvalue weighted by atomic mass is 35.7. The Morgan fingerprint density at radius 3 is 2.20 bits per heavy atom. The zero-order valence-corrected chi connectivity index (χ0v) is 7.32. The Labute approximate surface area is 65.4 Å². The second-order valence-corrected chi connectivity index (χ2v) is 4.98. The Morgan fingerprint density at radius 1 is 1.60 bits per heavy atom. The normalized spacial score (nSPS) is 15.1. The molecule has 0 heterocycles. The van der Waals surface area contributed by atoms with E-state index < -0.39 is 9.05 Å². The van der Waals surface area contributed by atoms with Gasteiger partial charge in [-0.05, 0) is 5.92 Å². The van der Waals surface area contributed by atoms with Crippen LogP contribution in [0.25, 0.3) is 0 Å². The topological polar surface area (TPSA) is 54.4 Å². The lowest BCUT2D eigenvalue weighted by atomic mass is 10.1. The van der Waals surface area contributed by atoms with Gasteiger partial charge < -0.3 is 5.11 Å². The number of rotatable bonds is 4. The van der Waals surface area contributed by atoms with E-state index in [0.29, 0.717) is 6.42 Å². The number of aliphatic hydroxyl groups is 1. The van der Waals surface area contributed by atoms with Crippen molar-refractivity contribution in [2.45, 2.75) is 13.3 Å². The van der Waals surface area contributed by atoms with E-state index >= 15 is 0 Å². The van der Waals surface area contributed by atoms with Gasteiger partial charge in [0, 0.05) is 17.3 Å². The zero-order chi connectivity index (χ0) is 8.20. The van der Waals surface area contributed by atoms with Crippen molar-refractivity contribution in [3.05, 3.63) is 0 Å². The van der Waals surface area contributed by atoms with Crippen LogP contribution in [0.15, 0.2) is 0 Å². The molecule has 1 N–H and O–H groups in total. The highest BCUT2D eigenvalue weighted by molar-refractivity contribution is 8.13. The molecular formula is C5H11ClO3S. The highest BCUT2D eigenvalue weighted by Gasteiger charge is 2.13. The molecule has 1 atom stereocenters. The van der Waals surface area contributed by atoms with E-state index in [4.69, 9.17) is 15.8 Å². The molecule has 0 radical (unpaired) electrons. The summed E-state index contributed by atoms with van der Waals surface area (Å²) < 4.78 is 20.8. The van der Waals surface area contributed by atoms with E-state index in [1.807, 2.05) is 6.92 Å². The molecule has 0 aromatic heterocycles. The Morgan fingerprint density at radius 2 is 2.10 bits per heavy atom. The van der Waals surface area contributed by atoms with Crippen molar-refractivity contribution in [1.82, 2.24) is 0 Å². The summed E-state index contributed by atoms with van der Waals surface area (Å²) >= 11 is 0. The monoisotopic (exact) mass is 186 g/mol. The molecule has 0 rings (SSSR count). The quantitative estimate of drug-likeness (QED) is 0.654. The first-order valence-electron chi connectivity index (χ1n) is 3.02. The lowest BCUT2D eigenvalue weighted by molar-refractivity contribution is 0.235. The lowest BCUT2D eigenvalue weighted by Gasteiger charge is -2.06. The maximum atomic E-state index is 10.4. The first-order chi connectivity index (χ1) is 4.49. The first kappa shape index (κ1) is 10.2. The third kappa shape index (κ3) is 5.02. The molecule has 3 nitrogen and oxygen atoms in total. The Kier molecular flexibility index (Phi) is 4.24. The highest BCUT2D eigenvalue weighted by Crippen LogP contribution is 2.08. The van der Waals surface area contributed by atoms with E-state index in [2.05, 4.69) is 0 Å². The largest absolute Gasteiger partial charge is 0.396 e. The average Bonchev–Trinajstić information content (AvgIpc) is 1.81. The standard InChI is InChI=1S/C5H11ClO3S/c1-2-5(3-7)4-10(6,8)9/h5,7H,2-4H2,1H3. The Hall–Kier alpha value is 0.200. The summed E-state index contributed by atoms with van der Waals surface area (Å²) in [5.41, 5.74) is 0. The van der Waals surface area contributed by atoms with Crippen LogP contribution in [0.5, 0.6) is 0 Å². The fourth-order valence-corrected chi connectivity index (χ4v) is 2.02. The second-order valence-electron chi connectivity index (χ2n) is 2.16. The van der Waals surface area contributed by atoms with Crippen molar-refractivity contribution in [3.63, 3.8) is 0 Å². The minimum Gasteiger partial charge on any atom is -0.396 e. The molecule has 0 amide bonds. The number of hydrogen-bond acceptors (Lipinski definition) is 3. The molecule has 0 bridgehead atoms. The molecule has 0 saturated heterocycles. The molecule has 10 heavy (non-hydrogen) atoms. The van der Waals surface area contributed by atoms with Gasteiger partial charge in [-0.3, -0.25) is 0 Å².